The van der Waals surface area contributed by atoms with Crippen LogP contribution in [0, 0.1) is 7.91 Å². The van der Waals surface area contributed by atoms with Crippen LogP contribution in [0.1, 0.15) is 0 Å². The highest BCUT2D eigenvalue weighted by Gasteiger charge is 1.96. The molecule has 4 nitrogen and oxygen atoms in total. The van der Waals surface area contributed by atoms with E-state index in [1.54, 1.807) is 22.7 Å². The summed E-state index contributed by atoms with van der Waals surface area (Å²) >= 11 is 13.1. The minimum atomic E-state index is 0.765. The number of benzene rings is 2. The fraction of sp³-hybridized carbons (Fsp3) is 0. The SMILES string of the molecule is Nc1ccc2sc(=S)[nH]c2c1.Nc1ccc2sc(=S)[nH]c2c1. The van der Waals surface area contributed by atoms with E-state index in [9.17, 15) is 0 Å². The molecule has 0 unspecified atom stereocenters. The second-order valence-corrected chi connectivity index (χ2v) is 7.98. The van der Waals surface area contributed by atoms with Gasteiger partial charge in [0, 0.05) is 11.4 Å². The molecular weight excluding hydrogens is 352 g/mol. The molecule has 0 aliphatic carbocycles. The maximum absolute atomic E-state index is 5.58. The fourth-order valence-corrected chi connectivity index (χ4v) is 4.13. The molecular formula is C14H12N4S4. The maximum Gasteiger partial charge on any atom is 0.159 e. The molecule has 2 aromatic heterocycles. The lowest BCUT2D eigenvalue weighted by atomic mass is 10.3. The molecule has 4 rings (SSSR count). The molecule has 0 bridgehead atoms. The number of aromatic nitrogens is 2. The zero-order valence-corrected chi connectivity index (χ0v) is 14.5. The Hall–Kier alpha value is -1.74. The van der Waals surface area contributed by atoms with E-state index in [1.807, 2.05) is 36.4 Å². The van der Waals surface area contributed by atoms with Gasteiger partial charge in [-0.15, -0.1) is 22.7 Å². The average molecular weight is 365 g/mol. The van der Waals surface area contributed by atoms with Crippen LogP contribution in [0.2, 0.25) is 0 Å². The van der Waals surface area contributed by atoms with Crippen molar-refractivity contribution >= 4 is 78.9 Å². The van der Waals surface area contributed by atoms with E-state index in [-0.39, 0.29) is 0 Å². The van der Waals surface area contributed by atoms with Crippen molar-refractivity contribution in [2.24, 2.45) is 0 Å². The third kappa shape index (κ3) is 3.36. The van der Waals surface area contributed by atoms with Crippen LogP contribution in [-0.2, 0) is 0 Å². The number of H-pyrrole nitrogens is 2. The number of thiazole rings is 2. The first-order chi connectivity index (χ1) is 10.5. The van der Waals surface area contributed by atoms with Crippen LogP contribution in [0.25, 0.3) is 20.4 Å². The molecule has 0 saturated carbocycles. The van der Waals surface area contributed by atoms with Crippen LogP contribution < -0.4 is 11.5 Å². The molecule has 2 heterocycles. The maximum atomic E-state index is 5.58. The number of nitrogens with one attached hydrogen (secondary N) is 2. The highest BCUT2D eigenvalue weighted by Crippen LogP contribution is 2.21. The lowest BCUT2D eigenvalue weighted by Crippen LogP contribution is -1.81. The van der Waals surface area contributed by atoms with Crippen LogP contribution in [0.5, 0.6) is 0 Å². The zero-order valence-electron chi connectivity index (χ0n) is 11.3. The van der Waals surface area contributed by atoms with Gasteiger partial charge in [-0.1, -0.05) is 0 Å². The summed E-state index contributed by atoms with van der Waals surface area (Å²) in [5.41, 5.74) is 14.8. The first-order valence-electron chi connectivity index (χ1n) is 6.28. The van der Waals surface area contributed by atoms with Crippen molar-refractivity contribution in [3.63, 3.8) is 0 Å². The molecule has 0 spiro atoms. The monoisotopic (exact) mass is 364 g/mol. The molecule has 0 aliphatic rings. The summed E-state index contributed by atoms with van der Waals surface area (Å²) in [4.78, 5) is 6.11. The first kappa shape index (κ1) is 15.2. The van der Waals surface area contributed by atoms with Crippen molar-refractivity contribution in [2.75, 3.05) is 11.5 Å². The summed E-state index contributed by atoms with van der Waals surface area (Å²) in [5, 5.41) is 0. The largest absolute Gasteiger partial charge is 0.399 e. The highest BCUT2D eigenvalue weighted by molar-refractivity contribution is 7.74. The molecule has 0 atom stereocenters. The molecule has 0 fully saturated rings. The van der Waals surface area contributed by atoms with Gasteiger partial charge in [0.25, 0.3) is 0 Å². The molecule has 0 saturated heterocycles. The predicted octanol–water partition coefficient (Wildman–Crippen LogP) is 5.08. The van der Waals surface area contributed by atoms with Crippen molar-refractivity contribution < 1.29 is 0 Å². The third-order valence-electron chi connectivity index (χ3n) is 2.89. The summed E-state index contributed by atoms with van der Waals surface area (Å²) in [5.74, 6) is 0. The molecule has 22 heavy (non-hydrogen) atoms. The van der Waals surface area contributed by atoms with Gasteiger partial charge in [-0.05, 0) is 60.8 Å². The molecule has 112 valence electrons. The quantitative estimate of drug-likeness (QED) is 0.259. The van der Waals surface area contributed by atoms with Gasteiger partial charge in [0.2, 0.25) is 0 Å². The topological polar surface area (TPSA) is 83.6 Å². The number of aromatic amines is 2. The molecule has 0 aliphatic heterocycles. The summed E-state index contributed by atoms with van der Waals surface area (Å²) in [7, 11) is 0. The second kappa shape index (κ2) is 6.17. The number of nitrogen functional groups attached to an aromatic ring is 2. The Morgan fingerprint density at radius 3 is 1.55 bits per heavy atom. The minimum absolute atomic E-state index is 0.765. The van der Waals surface area contributed by atoms with Crippen molar-refractivity contribution in [2.45, 2.75) is 0 Å². The van der Waals surface area contributed by atoms with Gasteiger partial charge < -0.3 is 21.4 Å². The van der Waals surface area contributed by atoms with Crippen molar-refractivity contribution in [1.82, 2.24) is 9.97 Å². The molecule has 2 aromatic carbocycles. The summed E-state index contributed by atoms with van der Waals surface area (Å²) in [6, 6.07) is 11.5. The van der Waals surface area contributed by atoms with E-state index in [4.69, 9.17) is 35.9 Å². The van der Waals surface area contributed by atoms with Crippen LogP contribution in [0.15, 0.2) is 36.4 Å². The molecule has 6 N–H and O–H groups in total. The predicted molar refractivity (Wildman–Crippen MR) is 103 cm³/mol. The Bertz CT molecular complexity index is 968. The number of fused-ring (bicyclic) bond motifs is 2. The number of hydrogen-bond acceptors (Lipinski definition) is 6. The Labute approximate surface area is 144 Å². The summed E-state index contributed by atoms with van der Waals surface area (Å²) in [6.07, 6.45) is 0. The van der Waals surface area contributed by atoms with Gasteiger partial charge in [0.15, 0.2) is 7.91 Å². The highest BCUT2D eigenvalue weighted by atomic mass is 32.2. The van der Waals surface area contributed by atoms with E-state index in [0.717, 1.165) is 39.7 Å². The van der Waals surface area contributed by atoms with Crippen molar-refractivity contribution in [1.29, 1.82) is 0 Å². The van der Waals surface area contributed by atoms with Gasteiger partial charge in [-0.2, -0.15) is 0 Å². The minimum Gasteiger partial charge on any atom is -0.399 e. The third-order valence-corrected chi connectivity index (χ3v) is 5.32. The number of rotatable bonds is 0. The molecule has 4 aromatic rings. The molecule has 0 radical (unpaired) electrons. The molecule has 8 heteroatoms. The van der Waals surface area contributed by atoms with E-state index >= 15 is 0 Å². The zero-order chi connectivity index (χ0) is 15.7. The Kier molecular flexibility index (Phi) is 4.25. The van der Waals surface area contributed by atoms with Crippen LogP contribution >= 0.6 is 47.1 Å². The van der Waals surface area contributed by atoms with E-state index < -0.39 is 0 Å². The standard InChI is InChI=1S/2C7H6N2S2/c2*8-4-1-2-6-5(3-4)9-7(10)11-6/h2*1-3H,8H2,(H,9,10). The van der Waals surface area contributed by atoms with E-state index in [2.05, 4.69) is 9.97 Å². The van der Waals surface area contributed by atoms with Gasteiger partial charge >= 0.3 is 0 Å². The van der Waals surface area contributed by atoms with Gasteiger partial charge in [0.05, 0.1) is 20.4 Å². The molecule has 0 amide bonds. The van der Waals surface area contributed by atoms with Gasteiger partial charge in [-0.25, -0.2) is 0 Å². The Balaban J connectivity index is 0.000000131. The lowest BCUT2D eigenvalue weighted by Gasteiger charge is -1.89. The first-order valence-corrected chi connectivity index (χ1v) is 8.73. The number of nitrogens with two attached hydrogens (primary N) is 2. The summed E-state index contributed by atoms with van der Waals surface area (Å²) < 4.78 is 3.91. The van der Waals surface area contributed by atoms with Gasteiger partial charge in [0.1, 0.15) is 0 Å². The van der Waals surface area contributed by atoms with E-state index in [0.29, 0.717) is 0 Å². The van der Waals surface area contributed by atoms with Crippen molar-refractivity contribution in [3.8, 4) is 0 Å². The van der Waals surface area contributed by atoms with E-state index in [1.165, 1.54) is 0 Å². The average Bonchev–Trinajstić information content (AvgIpc) is 2.99. The van der Waals surface area contributed by atoms with Crippen LogP contribution in [0.4, 0.5) is 11.4 Å². The number of anilines is 2. The Morgan fingerprint density at radius 2 is 1.14 bits per heavy atom. The van der Waals surface area contributed by atoms with Gasteiger partial charge in [-0.3, -0.25) is 0 Å². The normalized spacial score (nSPS) is 10.5. The summed E-state index contributed by atoms with van der Waals surface area (Å²) in [6.45, 7) is 0. The van der Waals surface area contributed by atoms with Crippen molar-refractivity contribution in [3.05, 3.63) is 44.3 Å². The fourth-order valence-electron chi connectivity index (χ4n) is 1.94. The van der Waals surface area contributed by atoms with Crippen LogP contribution in [-0.4, -0.2) is 9.97 Å². The second-order valence-electron chi connectivity index (χ2n) is 4.54. The smallest absolute Gasteiger partial charge is 0.159 e. The Morgan fingerprint density at radius 1 is 0.727 bits per heavy atom. The number of hydrogen-bond donors (Lipinski definition) is 4. The van der Waals surface area contributed by atoms with Crippen LogP contribution in [0.3, 0.4) is 0 Å². The lowest BCUT2D eigenvalue weighted by molar-refractivity contribution is 1.47.